The summed E-state index contributed by atoms with van der Waals surface area (Å²) in [5.41, 5.74) is 4.45. The average molecular weight is 349 g/mol. The zero-order chi connectivity index (χ0) is 18.9. The third-order valence-electron chi connectivity index (χ3n) is 4.04. The van der Waals surface area contributed by atoms with Crippen molar-refractivity contribution in [2.75, 3.05) is 0 Å². The summed E-state index contributed by atoms with van der Waals surface area (Å²) in [4.78, 5) is 22.2. The molecule has 0 amide bonds. The van der Waals surface area contributed by atoms with Crippen molar-refractivity contribution in [3.8, 4) is 0 Å². The molecule has 2 aromatic carbocycles. The smallest absolute Gasteiger partial charge is 0.162 e. The van der Waals surface area contributed by atoms with Crippen molar-refractivity contribution in [3.05, 3.63) is 95.4 Å². The van der Waals surface area contributed by atoms with Gasteiger partial charge in [0.1, 0.15) is 0 Å². The van der Waals surface area contributed by atoms with Crippen molar-refractivity contribution in [3.63, 3.8) is 0 Å². The van der Waals surface area contributed by atoms with E-state index in [1.807, 2.05) is 55.8 Å². The van der Waals surface area contributed by atoms with Crippen LogP contribution in [0, 0.1) is 19.3 Å². The highest BCUT2D eigenvalue weighted by Crippen LogP contribution is 2.23. The summed E-state index contributed by atoms with van der Waals surface area (Å²) in [6, 6.07) is 18.1. The van der Waals surface area contributed by atoms with Gasteiger partial charge in [-0.1, -0.05) is 79.2 Å². The lowest BCUT2D eigenvalue weighted by molar-refractivity contribution is -0.118. The Morgan fingerprint density at radius 1 is 1.04 bits per heavy atom. The third kappa shape index (κ3) is 7.02. The molecule has 0 heterocycles. The van der Waals surface area contributed by atoms with Crippen molar-refractivity contribution >= 4 is 17.6 Å². The van der Waals surface area contributed by atoms with Gasteiger partial charge in [0.2, 0.25) is 0 Å². The Kier molecular flexibility index (Phi) is 7.28. The summed E-state index contributed by atoms with van der Waals surface area (Å²) in [5, 5.41) is 0. The summed E-state index contributed by atoms with van der Waals surface area (Å²) >= 11 is 0. The fraction of sp³-hybridized carbons (Fsp3) is 0.208. The normalized spacial score (nSPS) is 13.4. The van der Waals surface area contributed by atoms with E-state index in [0.29, 0.717) is 0 Å². The van der Waals surface area contributed by atoms with Gasteiger partial charge in [0.25, 0.3) is 0 Å². The maximum atomic E-state index is 11.7. The van der Waals surface area contributed by atoms with Gasteiger partial charge in [0, 0.05) is 15.2 Å². The average Bonchev–Trinajstić information content (AvgIpc) is 3.48. The summed E-state index contributed by atoms with van der Waals surface area (Å²) in [5.74, 6) is 0.446. The minimum atomic E-state index is 0. The first-order chi connectivity index (χ1) is 12.5. The molecular weight excluding hydrogens is 320 g/mol. The van der Waals surface area contributed by atoms with E-state index < -0.39 is 0 Å². The van der Waals surface area contributed by atoms with Crippen molar-refractivity contribution in [2.24, 2.45) is 5.92 Å². The number of ketones is 2. The van der Waals surface area contributed by atoms with Crippen LogP contribution >= 0.6 is 0 Å². The molecule has 0 saturated carbocycles. The van der Waals surface area contributed by atoms with Crippen LogP contribution in [0.2, 0.25) is 0 Å². The lowest BCUT2D eigenvalue weighted by atomic mass is 9.95. The van der Waals surface area contributed by atoms with E-state index in [2.05, 4.69) is 31.2 Å². The Hall–Kier alpha value is -2.74. The maximum absolute atomic E-state index is 11.7. The van der Waals surface area contributed by atoms with Gasteiger partial charge >= 0.3 is 0 Å². The third-order valence-corrected chi connectivity index (χ3v) is 4.04. The molecule has 2 heteroatoms. The van der Waals surface area contributed by atoms with Crippen LogP contribution < -0.4 is 0 Å². The number of Topliss-reactive ketones (excluding diaryl/α,β-unsaturated/α-hetero) is 1. The number of hydrogen-bond acceptors (Lipinski definition) is 2. The van der Waals surface area contributed by atoms with Crippen molar-refractivity contribution < 1.29 is 12.4 Å². The van der Waals surface area contributed by atoms with Gasteiger partial charge < -0.3 is 0 Å². The number of hydrogen-bond donors (Lipinski definition) is 0. The van der Waals surface area contributed by atoms with Crippen molar-refractivity contribution in [1.29, 1.82) is 0 Å². The molecule has 1 unspecified atom stereocenters. The van der Waals surface area contributed by atoms with E-state index in [-0.39, 0.29) is 20.3 Å². The van der Waals surface area contributed by atoms with Crippen LogP contribution in [0.5, 0.6) is 0 Å². The number of aryl methyl sites for hydroxylation is 1. The van der Waals surface area contributed by atoms with Gasteiger partial charge in [0.05, 0.1) is 0 Å². The van der Waals surface area contributed by atoms with Crippen LogP contribution in [0.1, 0.15) is 33.4 Å². The standard InChI is InChI=1S/C14H15O.C10H10O.2H2/c1-10-3-5-12(6-4-10)9-11(2)14(15)13-7-8-13;1-9(11)7-8-10-5-3-2-4-6-10;;/h3-8,11H,9H2,1-2H3;2-8H,1H3;2*1H/b;8-7+;;. The number of carbonyl (C=O) groups excluding carboxylic acids is 2. The van der Waals surface area contributed by atoms with Gasteiger partial charge in [-0.05, 0) is 43.0 Å². The molecule has 0 aliphatic heterocycles. The highest BCUT2D eigenvalue weighted by Gasteiger charge is 2.23. The molecule has 137 valence electrons. The van der Waals surface area contributed by atoms with E-state index >= 15 is 0 Å². The number of carbonyl (C=O) groups is 2. The van der Waals surface area contributed by atoms with Crippen LogP contribution in [-0.2, 0) is 16.0 Å². The Morgan fingerprint density at radius 3 is 2.19 bits per heavy atom. The Bertz CT molecular complexity index is 806. The van der Waals surface area contributed by atoms with Crippen LogP contribution in [-0.4, -0.2) is 11.6 Å². The minimum absolute atomic E-state index is 0. The first-order valence-corrected chi connectivity index (χ1v) is 8.84. The fourth-order valence-corrected chi connectivity index (χ4v) is 2.44. The van der Waals surface area contributed by atoms with Crippen LogP contribution in [0.15, 0.2) is 72.3 Å². The maximum Gasteiger partial charge on any atom is 0.162 e. The second-order valence-electron chi connectivity index (χ2n) is 6.60. The number of rotatable bonds is 6. The Balaban J connectivity index is 0.000000507. The first kappa shape index (κ1) is 19.6. The minimum Gasteiger partial charge on any atom is -0.295 e. The van der Waals surface area contributed by atoms with E-state index in [0.717, 1.165) is 17.6 Å². The zero-order valence-electron chi connectivity index (χ0n) is 15.6. The summed E-state index contributed by atoms with van der Waals surface area (Å²) in [7, 11) is 0. The monoisotopic (exact) mass is 349 g/mol. The van der Waals surface area contributed by atoms with Crippen molar-refractivity contribution in [1.82, 2.24) is 0 Å². The molecule has 1 aliphatic rings. The predicted molar refractivity (Wildman–Crippen MR) is 112 cm³/mol. The molecular formula is C24H29O2. The molecule has 0 aromatic heterocycles. The lowest BCUT2D eigenvalue weighted by Crippen LogP contribution is -2.12. The topological polar surface area (TPSA) is 34.1 Å². The predicted octanol–water partition coefficient (Wildman–Crippen LogP) is 5.67. The van der Waals surface area contributed by atoms with Gasteiger partial charge in [0.15, 0.2) is 11.6 Å². The highest BCUT2D eigenvalue weighted by molar-refractivity contribution is 6.04. The summed E-state index contributed by atoms with van der Waals surface area (Å²) in [6.45, 7) is 5.61. The Labute approximate surface area is 159 Å². The summed E-state index contributed by atoms with van der Waals surface area (Å²) in [6.07, 6.45) is 7.98. The van der Waals surface area contributed by atoms with Crippen LogP contribution in [0.3, 0.4) is 0 Å². The number of allylic oxidation sites excluding steroid dienone is 3. The fourth-order valence-electron chi connectivity index (χ4n) is 2.44. The molecule has 26 heavy (non-hydrogen) atoms. The quantitative estimate of drug-likeness (QED) is 0.630. The zero-order valence-corrected chi connectivity index (χ0v) is 15.6. The highest BCUT2D eigenvalue weighted by atomic mass is 16.1. The second-order valence-corrected chi connectivity index (χ2v) is 6.60. The van der Waals surface area contributed by atoms with E-state index in [4.69, 9.17) is 0 Å². The number of benzene rings is 2. The molecule has 1 radical (unpaired) electrons. The Morgan fingerprint density at radius 2 is 1.65 bits per heavy atom. The molecule has 0 saturated heterocycles. The van der Waals surface area contributed by atoms with Crippen molar-refractivity contribution in [2.45, 2.75) is 27.2 Å². The van der Waals surface area contributed by atoms with Gasteiger partial charge in [-0.25, -0.2) is 0 Å². The van der Waals surface area contributed by atoms with Gasteiger partial charge in [-0.3, -0.25) is 9.59 Å². The SMILES string of the molecule is CC(=O)/C=C/c1ccccc1.Cc1ccc(CC(C)C(=O)C2=C[CH]2)cc1.[HH].[HH]. The molecule has 0 bridgehead atoms. The molecule has 2 nitrogen and oxygen atoms in total. The molecule has 1 atom stereocenters. The summed E-state index contributed by atoms with van der Waals surface area (Å²) < 4.78 is 0. The largest absolute Gasteiger partial charge is 0.295 e. The second kappa shape index (κ2) is 9.67. The lowest BCUT2D eigenvalue weighted by Gasteiger charge is -2.08. The van der Waals surface area contributed by atoms with E-state index in [1.54, 1.807) is 13.0 Å². The first-order valence-electron chi connectivity index (χ1n) is 8.84. The molecule has 1 aliphatic carbocycles. The molecule has 0 spiro atoms. The van der Waals surface area contributed by atoms with Crippen LogP contribution in [0.25, 0.3) is 6.08 Å². The van der Waals surface area contributed by atoms with E-state index in [9.17, 15) is 9.59 Å². The van der Waals surface area contributed by atoms with Gasteiger partial charge in [-0.2, -0.15) is 0 Å². The van der Waals surface area contributed by atoms with E-state index in [1.165, 1.54) is 11.1 Å². The van der Waals surface area contributed by atoms with Gasteiger partial charge in [-0.15, -0.1) is 0 Å². The molecule has 0 fully saturated rings. The molecule has 2 aromatic rings. The molecule has 3 rings (SSSR count). The molecule has 0 N–H and O–H groups in total. The van der Waals surface area contributed by atoms with Crippen LogP contribution in [0.4, 0.5) is 0 Å².